The van der Waals surface area contributed by atoms with E-state index in [1.165, 1.54) is 11.1 Å². The predicted octanol–water partition coefficient (Wildman–Crippen LogP) is 9.82. The van der Waals surface area contributed by atoms with E-state index in [1.54, 1.807) is 30.0 Å². The maximum Gasteiger partial charge on any atom is 0.453 e. The van der Waals surface area contributed by atoms with Gasteiger partial charge in [-0.2, -0.15) is 22.0 Å². The van der Waals surface area contributed by atoms with Crippen molar-refractivity contribution < 1.29 is 42.1 Å². The molecule has 1 aliphatic heterocycles. The van der Waals surface area contributed by atoms with Gasteiger partial charge in [-0.3, -0.25) is 4.79 Å². The summed E-state index contributed by atoms with van der Waals surface area (Å²) in [6.45, 7) is 2.19. The van der Waals surface area contributed by atoms with E-state index < -0.39 is 36.8 Å². The van der Waals surface area contributed by atoms with Gasteiger partial charge in [0, 0.05) is 22.5 Å². The van der Waals surface area contributed by atoms with Crippen molar-refractivity contribution in [3.05, 3.63) is 53.6 Å². The summed E-state index contributed by atoms with van der Waals surface area (Å²) in [5.41, 5.74) is 2.30. The molecule has 4 nitrogen and oxygen atoms in total. The molecule has 42 heavy (non-hydrogen) atoms. The highest BCUT2D eigenvalue weighted by Crippen LogP contribution is 2.54. The fourth-order valence-electron chi connectivity index (χ4n) is 6.15. The topological polar surface area (TPSA) is 77.8 Å². The smallest absolute Gasteiger partial charge is 0.453 e. The van der Waals surface area contributed by atoms with E-state index in [4.69, 9.17) is 0 Å². The quantitative estimate of drug-likeness (QED) is 0.129. The van der Waals surface area contributed by atoms with Gasteiger partial charge in [-0.1, -0.05) is 63.6 Å². The number of alkyl halides is 5. The van der Waals surface area contributed by atoms with E-state index >= 15 is 0 Å². The third kappa shape index (κ3) is 8.54. The molecule has 3 rings (SSSR count). The zero-order valence-electron chi connectivity index (χ0n) is 23.9. The molecule has 0 fully saturated rings. The number of carboxylic acids is 1. The van der Waals surface area contributed by atoms with Gasteiger partial charge in [-0.25, -0.2) is 0 Å². The molecule has 0 radical (unpaired) electrons. The number of fused-ring (bicyclic) bond motifs is 1. The average Bonchev–Trinajstić information content (AvgIpc) is 2.93. The van der Waals surface area contributed by atoms with Crippen molar-refractivity contribution in [3.63, 3.8) is 0 Å². The van der Waals surface area contributed by atoms with Crippen LogP contribution in [0.2, 0.25) is 0 Å². The van der Waals surface area contributed by atoms with Crippen molar-refractivity contribution >= 4 is 17.7 Å². The molecule has 2 aromatic rings. The summed E-state index contributed by atoms with van der Waals surface area (Å²) in [5.74, 6) is -5.28. The second-order valence-electron chi connectivity index (χ2n) is 11.4. The monoisotopic (exact) mass is 616 g/mol. The summed E-state index contributed by atoms with van der Waals surface area (Å²) >= 11 is 1.75. The van der Waals surface area contributed by atoms with Crippen molar-refractivity contribution in [1.29, 1.82) is 0 Å². The predicted molar refractivity (Wildman–Crippen MR) is 155 cm³/mol. The summed E-state index contributed by atoms with van der Waals surface area (Å²) in [6.07, 6.45) is -0.363. The van der Waals surface area contributed by atoms with Gasteiger partial charge in [0.1, 0.15) is 11.5 Å². The maximum atomic E-state index is 13.1. The molecule has 3 unspecified atom stereocenters. The number of phenols is 2. The van der Waals surface area contributed by atoms with E-state index in [1.807, 2.05) is 24.3 Å². The Balaban J connectivity index is 1.49. The summed E-state index contributed by atoms with van der Waals surface area (Å²) in [6, 6.07) is 13.1. The summed E-state index contributed by atoms with van der Waals surface area (Å²) in [7, 11) is 0. The lowest BCUT2D eigenvalue weighted by Gasteiger charge is -2.45. The van der Waals surface area contributed by atoms with Gasteiger partial charge in [0.2, 0.25) is 0 Å². The second-order valence-corrected chi connectivity index (χ2v) is 12.5. The summed E-state index contributed by atoms with van der Waals surface area (Å²) < 4.78 is 63.3. The highest BCUT2D eigenvalue weighted by atomic mass is 32.2. The molecule has 0 saturated heterocycles. The Kier molecular flexibility index (Phi) is 12.0. The zero-order valence-corrected chi connectivity index (χ0v) is 24.8. The third-order valence-corrected chi connectivity index (χ3v) is 10.0. The van der Waals surface area contributed by atoms with Gasteiger partial charge >= 0.3 is 18.1 Å². The SMILES string of the molecule is CCC1(c2ccc(O)cc2)CSc2cc(O)ccc2C1CCCCCCCCC(CCCC(F)(F)C(F)(F)F)C(=O)O. The van der Waals surface area contributed by atoms with E-state index in [0.717, 1.165) is 55.6 Å². The first kappa shape index (κ1) is 34.0. The van der Waals surface area contributed by atoms with Crippen molar-refractivity contribution in [1.82, 2.24) is 0 Å². The van der Waals surface area contributed by atoms with Crippen LogP contribution in [0.15, 0.2) is 47.4 Å². The van der Waals surface area contributed by atoms with Crippen LogP contribution in [0.25, 0.3) is 0 Å². The van der Waals surface area contributed by atoms with Crippen LogP contribution in [0.3, 0.4) is 0 Å². The lowest BCUT2D eigenvalue weighted by Crippen LogP contribution is -2.38. The number of unbranched alkanes of at least 4 members (excludes halogenated alkanes) is 5. The van der Waals surface area contributed by atoms with E-state index in [-0.39, 0.29) is 35.7 Å². The number of halogens is 5. The number of hydrogen-bond acceptors (Lipinski definition) is 4. The van der Waals surface area contributed by atoms with Crippen LogP contribution in [0.1, 0.15) is 101 Å². The largest absolute Gasteiger partial charge is 0.508 e. The van der Waals surface area contributed by atoms with Crippen molar-refractivity contribution in [3.8, 4) is 11.5 Å². The molecule has 10 heteroatoms. The molecule has 1 heterocycles. The van der Waals surface area contributed by atoms with Crippen LogP contribution in [-0.4, -0.2) is 39.1 Å². The van der Waals surface area contributed by atoms with Crippen LogP contribution >= 0.6 is 11.8 Å². The third-order valence-electron chi connectivity index (χ3n) is 8.70. The van der Waals surface area contributed by atoms with Gasteiger partial charge in [0.05, 0.1) is 5.92 Å². The minimum Gasteiger partial charge on any atom is -0.508 e. The zero-order chi connectivity index (χ0) is 31.0. The molecular formula is C32H41F5O4S. The van der Waals surface area contributed by atoms with E-state index in [9.17, 15) is 42.1 Å². The van der Waals surface area contributed by atoms with Crippen molar-refractivity contribution in [2.75, 3.05) is 5.75 Å². The summed E-state index contributed by atoms with van der Waals surface area (Å²) in [4.78, 5) is 12.6. The van der Waals surface area contributed by atoms with E-state index in [0.29, 0.717) is 6.42 Å². The number of thioether (sulfide) groups is 1. The maximum absolute atomic E-state index is 13.1. The fraction of sp³-hybridized carbons (Fsp3) is 0.594. The Hall–Kier alpha value is -2.49. The normalized spacial score (nSPS) is 19.8. The van der Waals surface area contributed by atoms with Gasteiger partial charge in [-0.05, 0) is 73.4 Å². The minimum absolute atomic E-state index is 0.113. The Labute approximate surface area is 248 Å². The fourth-order valence-corrected chi connectivity index (χ4v) is 7.72. The van der Waals surface area contributed by atoms with Crippen LogP contribution in [0, 0.1) is 5.92 Å². The number of phenolic OH excluding ortho intramolecular Hbond substituents is 2. The Morgan fingerprint density at radius 2 is 1.50 bits per heavy atom. The molecule has 234 valence electrons. The number of aromatic hydroxyl groups is 2. The Morgan fingerprint density at radius 3 is 2.12 bits per heavy atom. The Morgan fingerprint density at radius 1 is 0.905 bits per heavy atom. The first-order chi connectivity index (χ1) is 19.8. The number of benzene rings is 2. The second kappa shape index (κ2) is 14.8. The number of carboxylic acid groups (broad SMARTS) is 1. The first-order valence-electron chi connectivity index (χ1n) is 14.7. The lowest BCUT2D eigenvalue weighted by molar-refractivity contribution is -0.284. The molecule has 0 aliphatic carbocycles. The molecule has 0 aromatic heterocycles. The first-order valence-corrected chi connectivity index (χ1v) is 15.7. The molecule has 0 spiro atoms. The van der Waals surface area contributed by atoms with Gasteiger partial charge < -0.3 is 15.3 Å². The highest BCUT2D eigenvalue weighted by Gasteiger charge is 2.56. The molecule has 0 saturated carbocycles. The Bertz CT molecular complexity index is 1150. The van der Waals surface area contributed by atoms with Crippen LogP contribution in [0.4, 0.5) is 22.0 Å². The average molecular weight is 617 g/mol. The highest BCUT2D eigenvalue weighted by molar-refractivity contribution is 7.99. The molecule has 0 amide bonds. The van der Waals surface area contributed by atoms with E-state index in [2.05, 4.69) is 6.92 Å². The molecule has 3 N–H and O–H groups in total. The van der Waals surface area contributed by atoms with Gasteiger partial charge in [-0.15, -0.1) is 11.8 Å². The van der Waals surface area contributed by atoms with Crippen molar-refractivity contribution in [2.45, 2.75) is 112 Å². The van der Waals surface area contributed by atoms with Crippen LogP contribution in [-0.2, 0) is 10.2 Å². The van der Waals surface area contributed by atoms with Crippen LogP contribution < -0.4 is 0 Å². The molecule has 2 aromatic carbocycles. The molecule has 0 bridgehead atoms. The minimum atomic E-state index is -5.61. The molecular weight excluding hydrogens is 575 g/mol. The molecule has 1 aliphatic rings. The number of rotatable bonds is 16. The number of hydrogen-bond donors (Lipinski definition) is 3. The number of aliphatic carboxylic acids is 1. The van der Waals surface area contributed by atoms with Crippen molar-refractivity contribution in [2.24, 2.45) is 5.92 Å². The molecule has 3 atom stereocenters. The standard InChI is InChI=1S/C32H41F5O4S/c1-2-30(23-13-15-24(38)16-14-23)21-42-28-20-25(39)17-18-26(28)27(30)12-8-6-4-3-5-7-10-22(29(40)41)11-9-19-31(33,34)32(35,36)37/h13-18,20,22,27,38-39H,2-12,19,21H2,1H3,(H,40,41). The van der Waals surface area contributed by atoms with Gasteiger partial charge in [0.15, 0.2) is 0 Å². The number of carbonyl (C=O) groups is 1. The van der Waals surface area contributed by atoms with Gasteiger partial charge in [0.25, 0.3) is 0 Å². The lowest BCUT2D eigenvalue weighted by atomic mass is 9.65. The van der Waals surface area contributed by atoms with Crippen LogP contribution in [0.5, 0.6) is 11.5 Å². The summed E-state index contributed by atoms with van der Waals surface area (Å²) in [5, 5.41) is 29.3.